The maximum Gasteiger partial charge on any atom is 0.459 e. The molecular weight excluding hydrogens is 538 g/mol. The van der Waals surface area contributed by atoms with Crippen LogP contribution in [0, 0.1) is 5.82 Å². The minimum atomic E-state index is -6.52. The van der Waals surface area contributed by atoms with Crippen molar-refractivity contribution in [2.75, 3.05) is 7.11 Å². The van der Waals surface area contributed by atoms with Gasteiger partial charge in [0.15, 0.2) is 0 Å². The monoisotopic (exact) mass is 561 g/mol. The number of benzene rings is 2. The summed E-state index contributed by atoms with van der Waals surface area (Å²) in [7, 11) is -3.29. The molecule has 0 aromatic heterocycles. The molecule has 0 spiro atoms. The highest BCUT2D eigenvalue weighted by molar-refractivity contribution is 7.89. The zero-order valence-electron chi connectivity index (χ0n) is 19.3. The minimum Gasteiger partial charge on any atom is -0.469 e. The van der Waals surface area contributed by atoms with Crippen LogP contribution in [0.1, 0.15) is 42.9 Å². The van der Waals surface area contributed by atoms with Gasteiger partial charge >= 0.3 is 24.0 Å². The molecule has 0 saturated heterocycles. The summed E-state index contributed by atoms with van der Waals surface area (Å²) in [6.45, 7) is 0. The smallest absolute Gasteiger partial charge is 0.459 e. The predicted molar refractivity (Wildman–Crippen MR) is 116 cm³/mol. The molecule has 0 heterocycles. The third kappa shape index (κ3) is 7.87. The number of sulfonamides is 1. The first kappa shape index (κ1) is 30.5. The van der Waals surface area contributed by atoms with E-state index in [-0.39, 0.29) is 12.0 Å². The quantitative estimate of drug-likeness (QED) is 0.257. The summed E-state index contributed by atoms with van der Waals surface area (Å²) in [4.78, 5) is 10.7. The Morgan fingerprint density at radius 3 is 2.03 bits per heavy atom. The van der Waals surface area contributed by atoms with Crippen molar-refractivity contribution in [2.45, 2.75) is 61.1 Å². The lowest BCUT2D eigenvalue weighted by Crippen LogP contribution is -2.52. The topological polar surface area (TPSA) is 72.5 Å². The molecule has 0 aliphatic carbocycles. The molecule has 1 unspecified atom stereocenters. The maximum atomic E-state index is 13.9. The zero-order chi connectivity index (χ0) is 28.1. The van der Waals surface area contributed by atoms with Gasteiger partial charge in [-0.15, -0.1) is 0 Å². The van der Waals surface area contributed by atoms with Crippen LogP contribution in [-0.4, -0.2) is 39.5 Å². The highest BCUT2D eigenvalue weighted by Crippen LogP contribution is 2.49. The van der Waals surface area contributed by atoms with Gasteiger partial charge in [0.25, 0.3) is 0 Å². The summed E-state index contributed by atoms with van der Waals surface area (Å²) in [6.07, 6.45) is -8.76. The Kier molecular flexibility index (Phi) is 9.69. The first-order chi connectivity index (χ1) is 17.0. The molecule has 1 atom stereocenters. The minimum absolute atomic E-state index is 0.00790. The summed E-state index contributed by atoms with van der Waals surface area (Å²) in [6, 6.07) is 7.25. The molecule has 0 saturated carbocycles. The fourth-order valence-electron chi connectivity index (χ4n) is 3.31. The molecule has 0 aliphatic rings. The molecule has 1 N–H and O–H groups in total. The fraction of sp³-hybridized carbons (Fsp3) is 0.435. The van der Waals surface area contributed by atoms with Gasteiger partial charge in [-0.1, -0.05) is 24.3 Å². The lowest BCUT2D eigenvalue weighted by Gasteiger charge is -2.29. The van der Waals surface area contributed by atoms with Crippen molar-refractivity contribution in [2.24, 2.45) is 0 Å². The number of hydrogen-bond acceptors (Lipinski definition) is 4. The normalized spacial score (nSPS) is 13.9. The summed E-state index contributed by atoms with van der Waals surface area (Å²) in [5.74, 6) is -13.1. The number of ether oxygens (including phenoxy) is 1. The van der Waals surface area contributed by atoms with Gasteiger partial charge in [0.05, 0.1) is 12.0 Å². The number of carbonyl (C=O) groups is 1. The highest BCUT2D eigenvalue weighted by Gasteiger charge is 2.72. The number of esters is 1. The molecule has 2 aromatic carbocycles. The van der Waals surface area contributed by atoms with E-state index in [4.69, 9.17) is 0 Å². The Balaban J connectivity index is 2.30. The van der Waals surface area contributed by atoms with E-state index in [0.29, 0.717) is 18.4 Å². The molecule has 0 radical (unpaired) electrons. The second-order valence-corrected chi connectivity index (χ2v) is 9.83. The van der Waals surface area contributed by atoms with Crippen molar-refractivity contribution in [3.8, 4) is 0 Å². The number of aryl methyl sites for hydroxylation is 1. The van der Waals surface area contributed by atoms with Gasteiger partial charge in [0.1, 0.15) is 5.82 Å². The number of halogens is 8. The molecular formula is C23H23F8NO4S. The molecule has 0 bridgehead atoms. The average Bonchev–Trinajstić information content (AvgIpc) is 2.81. The van der Waals surface area contributed by atoms with E-state index in [0.717, 1.165) is 24.3 Å². The van der Waals surface area contributed by atoms with Gasteiger partial charge in [-0.25, -0.2) is 17.5 Å². The van der Waals surface area contributed by atoms with Crippen LogP contribution in [0.4, 0.5) is 35.1 Å². The van der Waals surface area contributed by atoms with Crippen molar-refractivity contribution in [3.63, 3.8) is 0 Å². The van der Waals surface area contributed by atoms with E-state index in [1.54, 1.807) is 0 Å². The first-order valence-electron chi connectivity index (χ1n) is 10.8. The Labute approximate surface area is 207 Å². The van der Waals surface area contributed by atoms with Crippen LogP contribution in [0.3, 0.4) is 0 Å². The molecule has 0 aliphatic heterocycles. The van der Waals surface area contributed by atoms with E-state index >= 15 is 0 Å². The largest absolute Gasteiger partial charge is 0.469 e. The molecule has 2 rings (SSSR count). The van der Waals surface area contributed by atoms with Crippen LogP contribution in [0.2, 0.25) is 0 Å². The lowest BCUT2D eigenvalue weighted by molar-refractivity contribution is -0.355. The summed E-state index contributed by atoms with van der Waals surface area (Å²) in [5, 5.41) is 0. The Morgan fingerprint density at radius 2 is 1.51 bits per heavy atom. The number of rotatable bonds is 12. The Bertz CT molecular complexity index is 1150. The van der Waals surface area contributed by atoms with E-state index in [2.05, 4.69) is 4.74 Å². The van der Waals surface area contributed by atoms with Crippen molar-refractivity contribution in [1.29, 1.82) is 0 Å². The number of alkyl halides is 7. The third-order valence-electron chi connectivity index (χ3n) is 5.44. The molecule has 37 heavy (non-hydrogen) atoms. The maximum absolute atomic E-state index is 13.9. The first-order valence-corrected chi connectivity index (χ1v) is 12.2. The second-order valence-electron chi connectivity index (χ2n) is 8.11. The van der Waals surface area contributed by atoms with Gasteiger partial charge in [-0.2, -0.15) is 30.7 Å². The van der Waals surface area contributed by atoms with Crippen molar-refractivity contribution >= 4 is 16.0 Å². The van der Waals surface area contributed by atoms with Gasteiger partial charge in [-0.3, -0.25) is 4.79 Å². The van der Waals surface area contributed by atoms with E-state index in [1.807, 2.05) is 4.72 Å². The van der Waals surface area contributed by atoms with Gasteiger partial charge in [0.2, 0.25) is 10.0 Å². The number of carbonyl (C=O) groups excluding carboxylic acids is 1. The second kappa shape index (κ2) is 11.8. The SMILES string of the molecule is COC(=O)CCCc1ccc(C(CCC(F)(F)C(F)(F)C(F)(F)F)NS(=O)(=O)c2ccc(F)cc2)cc1. The van der Waals surface area contributed by atoms with Crippen LogP contribution in [-0.2, 0) is 26.0 Å². The summed E-state index contributed by atoms with van der Waals surface area (Å²) < 4.78 is 137. The molecule has 5 nitrogen and oxygen atoms in total. The molecule has 14 heteroatoms. The molecule has 2 aromatic rings. The van der Waals surface area contributed by atoms with Crippen molar-refractivity contribution in [3.05, 3.63) is 65.5 Å². The fourth-order valence-corrected chi connectivity index (χ4v) is 4.57. The molecule has 0 fully saturated rings. The molecule has 0 amide bonds. The van der Waals surface area contributed by atoms with Crippen LogP contribution < -0.4 is 4.72 Å². The number of methoxy groups -OCH3 is 1. The lowest BCUT2D eigenvalue weighted by atomic mass is 9.96. The van der Waals surface area contributed by atoms with Gasteiger partial charge in [-0.05, 0) is 54.7 Å². The van der Waals surface area contributed by atoms with Gasteiger partial charge in [0, 0.05) is 18.9 Å². The number of hydrogen-bond donors (Lipinski definition) is 1. The third-order valence-corrected chi connectivity index (χ3v) is 6.93. The van der Waals surface area contributed by atoms with Crippen molar-refractivity contribution < 1.29 is 53.1 Å². The Morgan fingerprint density at radius 1 is 0.946 bits per heavy atom. The highest BCUT2D eigenvalue weighted by atomic mass is 32.2. The summed E-state index contributed by atoms with van der Waals surface area (Å²) >= 11 is 0. The molecule has 206 valence electrons. The zero-order valence-corrected chi connectivity index (χ0v) is 20.1. The van der Waals surface area contributed by atoms with Crippen LogP contribution in [0.15, 0.2) is 53.4 Å². The average molecular weight is 561 g/mol. The standard InChI is InChI=1S/C23H23F8NO4S/c1-36-20(33)4-2-3-15-5-7-16(8-6-15)19(13-14-21(25,26)22(27,28)23(29,30)31)32-37(34,35)18-11-9-17(24)10-12-18/h5-12,19,32H,2-4,13-14H2,1H3. The Hall–Kier alpha value is -2.74. The van der Waals surface area contributed by atoms with E-state index in [9.17, 15) is 48.3 Å². The van der Waals surface area contributed by atoms with Crippen molar-refractivity contribution in [1.82, 2.24) is 4.72 Å². The summed E-state index contributed by atoms with van der Waals surface area (Å²) in [5.41, 5.74) is 0.662. The predicted octanol–water partition coefficient (Wildman–Crippen LogP) is 5.95. The van der Waals surface area contributed by atoms with E-state index in [1.165, 1.54) is 31.4 Å². The van der Waals surface area contributed by atoms with Crippen LogP contribution >= 0.6 is 0 Å². The van der Waals surface area contributed by atoms with Gasteiger partial charge < -0.3 is 4.74 Å². The number of nitrogens with one attached hydrogen (secondary N) is 1. The van der Waals surface area contributed by atoms with Crippen LogP contribution in [0.25, 0.3) is 0 Å². The van der Waals surface area contributed by atoms with Crippen LogP contribution in [0.5, 0.6) is 0 Å². The van der Waals surface area contributed by atoms with E-state index < -0.39 is 63.6 Å².